The zero-order valence-electron chi connectivity index (χ0n) is 22.3. The van der Waals surface area contributed by atoms with Gasteiger partial charge in [0.2, 0.25) is 0 Å². The molecular weight excluding hydrogens is 537 g/mol. The second kappa shape index (κ2) is 10.1. The Hall–Kier alpha value is -4.63. The van der Waals surface area contributed by atoms with Crippen molar-refractivity contribution in [2.45, 2.75) is 32.2 Å². The Balaban J connectivity index is 1.19. The topological polar surface area (TPSA) is 80.1 Å². The van der Waals surface area contributed by atoms with Gasteiger partial charge in [-0.2, -0.15) is 0 Å². The highest BCUT2D eigenvalue weighted by molar-refractivity contribution is 7.17. The van der Waals surface area contributed by atoms with Crippen LogP contribution in [0.5, 0.6) is 0 Å². The second-order valence-corrected chi connectivity index (χ2v) is 11.5. The monoisotopic (exact) mass is 563 g/mol. The molecule has 0 bridgehead atoms. The molecule has 1 aliphatic carbocycles. The van der Waals surface area contributed by atoms with Gasteiger partial charge < -0.3 is 14.8 Å². The van der Waals surface area contributed by atoms with E-state index in [9.17, 15) is 14.0 Å². The van der Waals surface area contributed by atoms with Crippen molar-refractivity contribution < 1.29 is 14.0 Å². The van der Waals surface area contributed by atoms with Gasteiger partial charge in [0.15, 0.2) is 0 Å². The average molecular weight is 564 g/mol. The minimum Gasteiger partial charge on any atom is -0.326 e. The van der Waals surface area contributed by atoms with Gasteiger partial charge in [0.1, 0.15) is 11.5 Å². The molecule has 3 aromatic heterocycles. The van der Waals surface area contributed by atoms with Crippen molar-refractivity contribution in [2.75, 3.05) is 16.8 Å². The number of benzene rings is 2. The molecule has 9 heteroatoms. The molecule has 4 heterocycles. The second-order valence-electron chi connectivity index (χ2n) is 10.4. The maximum absolute atomic E-state index is 14.4. The highest BCUT2D eigenvalue weighted by Gasteiger charge is 2.29. The first-order chi connectivity index (χ1) is 20.0. The molecule has 1 N–H and O–H groups in total. The Kier molecular flexibility index (Phi) is 6.23. The van der Waals surface area contributed by atoms with Crippen molar-refractivity contribution in [3.8, 4) is 21.8 Å². The fraction of sp³-hybridized carbons (Fsp3) is 0.188. The van der Waals surface area contributed by atoms with Gasteiger partial charge in [0.25, 0.3) is 11.8 Å². The molecule has 0 spiro atoms. The van der Waals surface area contributed by atoms with E-state index in [1.807, 2.05) is 48.8 Å². The smallest absolute Gasteiger partial charge is 0.276 e. The van der Waals surface area contributed by atoms with Crippen LogP contribution in [0.4, 0.5) is 15.8 Å². The summed E-state index contributed by atoms with van der Waals surface area (Å²) in [7, 11) is 0. The number of anilines is 2. The molecule has 0 unspecified atom stereocenters. The van der Waals surface area contributed by atoms with Crippen LogP contribution in [0.1, 0.15) is 50.2 Å². The van der Waals surface area contributed by atoms with Gasteiger partial charge in [-0.3, -0.25) is 9.59 Å². The van der Waals surface area contributed by atoms with Crippen molar-refractivity contribution in [1.29, 1.82) is 0 Å². The molecular formula is C32H26FN5O2S. The number of halogens is 1. The maximum Gasteiger partial charge on any atom is 0.276 e. The van der Waals surface area contributed by atoms with Gasteiger partial charge in [-0.1, -0.05) is 36.4 Å². The van der Waals surface area contributed by atoms with E-state index in [2.05, 4.69) is 14.9 Å². The number of nitrogens with zero attached hydrogens (tertiary/aromatic N) is 4. The number of hydrogen-bond donors (Lipinski definition) is 1. The number of fused-ring (bicyclic) bond motifs is 3. The van der Waals surface area contributed by atoms with Crippen LogP contribution >= 0.6 is 11.3 Å². The fourth-order valence-corrected chi connectivity index (χ4v) is 6.51. The number of rotatable bonds is 5. The van der Waals surface area contributed by atoms with Crippen molar-refractivity contribution >= 4 is 34.5 Å². The van der Waals surface area contributed by atoms with E-state index >= 15 is 0 Å². The molecule has 204 valence electrons. The number of hydrogen-bond acceptors (Lipinski definition) is 5. The maximum atomic E-state index is 14.4. The van der Waals surface area contributed by atoms with Crippen LogP contribution in [0.3, 0.4) is 0 Å². The first kappa shape index (κ1) is 25.3. The molecule has 2 aliphatic rings. The summed E-state index contributed by atoms with van der Waals surface area (Å²) in [5.41, 5.74) is 5.47. The molecule has 2 aromatic carbocycles. The minimum absolute atomic E-state index is 0.181. The number of nitrogens with one attached hydrogen (secondary N) is 1. The first-order valence-corrected chi connectivity index (χ1v) is 14.4. The van der Waals surface area contributed by atoms with E-state index in [-0.39, 0.29) is 17.5 Å². The number of thiophene rings is 1. The highest BCUT2D eigenvalue weighted by atomic mass is 32.1. The largest absolute Gasteiger partial charge is 0.326 e. The summed E-state index contributed by atoms with van der Waals surface area (Å²) in [6.07, 6.45) is 6.45. The zero-order valence-corrected chi connectivity index (χ0v) is 23.1. The third kappa shape index (κ3) is 4.62. The van der Waals surface area contributed by atoms with Gasteiger partial charge in [0, 0.05) is 23.0 Å². The van der Waals surface area contributed by atoms with Gasteiger partial charge in [-0.25, -0.2) is 14.4 Å². The van der Waals surface area contributed by atoms with Gasteiger partial charge in [-0.05, 0) is 67.6 Å². The van der Waals surface area contributed by atoms with Crippen LogP contribution < -0.4 is 10.2 Å². The molecule has 41 heavy (non-hydrogen) atoms. The lowest BCUT2D eigenvalue weighted by atomic mass is 10.1. The highest BCUT2D eigenvalue weighted by Crippen LogP contribution is 2.42. The molecule has 0 saturated heterocycles. The Bertz CT molecular complexity index is 1800. The van der Waals surface area contributed by atoms with E-state index in [0.29, 0.717) is 35.1 Å². The number of aryl methyl sites for hydroxylation is 1. The normalized spacial score (nSPS) is 14.2. The lowest BCUT2D eigenvalue weighted by Crippen LogP contribution is -2.33. The summed E-state index contributed by atoms with van der Waals surface area (Å²) in [4.78, 5) is 39.3. The number of carbonyl (C=O) groups excluding carboxylic acids is 2. The number of carbonyl (C=O) groups is 2. The third-order valence-electron chi connectivity index (χ3n) is 7.62. The van der Waals surface area contributed by atoms with Crippen LogP contribution in [0.15, 0.2) is 79.3 Å². The molecule has 1 aliphatic heterocycles. The molecule has 7 nitrogen and oxygen atoms in total. The van der Waals surface area contributed by atoms with E-state index in [4.69, 9.17) is 4.98 Å². The summed E-state index contributed by atoms with van der Waals surface area (Å²) in [5, 5.41) is 2.74. The quantitative estimate of drug-likeness (QED) is 0.252. The van der Waals surface area contributed by atoms with E-state index in [0.717, 1.165) is 45.9 Å². The van der Waals surface area contributed by atoms with E-state index < -0.39 is 5.82 Å². The van der Waals surface area contributed by atoms with Gasteiger partial charge in [-0.15, -0.1) is 11.3 Å². The minimum atomic E-state index is -0.467. The van der Waals surface area contributed by atoms with Crippen LogP contribution in [0, 0.1) is 12.7 Å². The predicted molar refractivity (Wildman–Crippen MR) is 158 cm³/mol. The van der Waals surface area contributed by atoms with Gasteiger partial charge >= 0.3 is 0 Å². The van der Waals surface area contributed by atoms with Crippen LogP contribution in [0.25, 0.3) is 21.8 Å². The first-order valence-electron chi connectivity index (χ1n) is 13.6. The Morgan fingerprint density at radius 3 is 2.71 bits per heavy atom. The van der Waals surface area contributed by atoms with E-state index in [1.54, 1.807) is 36.2 Å². The molecule has 7 rings (SSSR count). The van der Waals surface area contributed by atoms with Crippen molar-refractivity contribution in [3.63, 3.8) is 0 Å². The summed E-state index contributed by atoms with van der Waals surface area (Å²) >= 11 is 1.35. The Morgan fingerprint density at radius 1 is 1.05 bits per heavy atom. The van der Waals surface area contributed by atoms with Crippen LogP contribution in [-0.4, -0.2) is 32.9 Å². The number of aromatic nitrogens is 3. The molecule has 0 radical (unpaired) electrons. The molecule has 5 aromatic rings. The van der Waals surface area contributed by atoms with Crippen LogP contribution in [-0.2, 0) is 6.42 Å². The number of amides is 2. The third-order valence-corrected chi connectivity index (χ3v) is 8.83. The predicted octanol–water partition coefficient (Wildman–Crippen LogP) is 6.91. The lowest BCUT2D eigenvalue weighted by molar-refractivity contribution is 0.0981. The Labute approximate surface area is 240 Å². The molecule has 1 fully saturated rings. The molecule has 0 atom stereocenters. The fourth-order valence-electron chi connectivity index (χ4n) is 5.37. The Morgan fingerprint density at radius 2 is 1.88 bits per heavy atom. The lowest BCUT2D eigenvalue weighted by Gasteiger charge is -2.23. The summed E-state index contributed by atoms with van der Waals surface area (Å²) in [5.74, 6) is -1.00. The number of imidazole rings is 1. The van der Waals surface area contributed by atoms with E-state index in [1.165, 1.54) is 17.4 Å². The molecule has 2 amide bonds. The summed E-state index contributed by atoms with van der Waals surface area (Å²) < 4.78 is 16.5. The summed E-state index contributed by atoms with van der Waals surface area (Å²) in [6, 6.07) is 20.3. The van der Waals surface area contributed by atoms with Crippen molar-refractivity contribution in [1.82, 2.24) is 14.5 Å². The van der Waals surface area contributed by atoms with Crippen molar-refractivity contribution in [2.24, 2.45) is 0 Å². The average Bonchev–Trinajstić information content (AvgIpc) is 3.59. The SMILES string of the molecule is Cc1cccc(F)c1NC(=O)c1cc2c(s1)-c1ccccc1N(C(=O)c1cccc(-c3cncn3C3CC3)n1)CC2. The standard InChI is InChI=1S/C32H26FN5O2S/c1-19-6-4-8-23(33)29(19)36-31(39)28-16-20-14-15-37(26-11-3-2-7-22(26)30(20)41-28)32(40)25-10-5-9-24(35-25)27-17-34-18-38(27)21-12-13-21/h2-11,16-18,21H,12-15H2,1H3,(H,36,39). The molecule has 1 saturated carbocycles. The number of para-hydroxylation sites is 2. The zero-order chi connectivity index (χ0) is 28.1. The number of pyridine rings is 1. The van der Waals surface area contributed by atoms with Crippen LogP contribution in [0.2, 0.25) is 0 Å². The van der Waals surface area contributed by atoms with Crippen molar-refractivity contribution in [3.05, 3.63) is 107 Å². The summed E-state index contributed by atoms with van der Waals surface area (Å²) in [6.45, 7) is 2.19. The van der Waals surface area contributed by atoms with Gasteiger partial charge in [0.05, 0.1) is 40.2 Å².